The van der Waals surface area contributed by atoms with Gasteiger partial charge < -0.3 is 14.9 Å². The zero-order chi connectivity index (χ0) is 27.4. The Hall–Kier alpha value is -4.27. The number of amides is 1. The van der Waals surface area contributed by atoms with E-state index < -0.39 is 35.2 Å². The largest absolute Gasteiger partial charge is 0.508 e. The molecule has 0 aliphatic carbocycles. The van der Waals surface area contributed by atoms with E-state index >= 15 is 0 Å². The third-order valence-electron chi connectivity index (χ3n) is 6.23. The number of hydrogen-bond acceptors (Lipinski definition) is 5. The Morgan fingerprint density at radius 3 is 2.34 bits per heavy atom. The van der Waals surface area contributed by atoms with Crippen molar-refractivity contribution in [1.82, 2.24) is 0 Å². The highest BCUT2D eigenvalue weighted by molar-refractivity contribution is 6.51. The lowest BCUT2D eigenvalue weighted by Gasteiger charge is -2.26. The second kappa shape index (κ2) is 11.0. The first-order chi connectivity index (χ1) is 18.1. The van der Waals surface area contributed by atoms with Crippen molar-refractivity contribution in [3.05, 3.63) is 95.1 Å². The van der Waals surface area contributed by atoms with Gasteiger partial charge in [0, 0.05) is 11.3 Å². The molecule has 1 heterocycles. The number of phenols is 1. The van der Waals surface area contributed by atoms with E-state index in [-0.39, 0.29) is 28.1 Å². The molecule has 0 radical (unpaired) electrons. The highest BCUT2D eigenvalue weighted by atomic mass is 19.4. The molecule has 0 spiro atoms. The Morgan fingerprint density at radius 2 is 1.68 bits per heavy atom. The number of halogens is 3. The van der Waals surface area contributed by atoms with Crippen LogP contribution in [-0.4, -0.2) is 28.5 Å². The molecule has 198 valence electrons. The molecule has 38 heavy (non-hydrogen) atoms. The Labute approximate surface area is 217 Å². The normalized spacial score (nSPS) is 17.2. The monoisotopic (exact) mass is 525 g/mol. The van der Waals surface area contributed by atoms with Crippen LogP contribution in [0.15, 0.2) is 78.4 Å². The second-order valence-corrected chi connectivity index (χ2v) is 8.89. The molecule has 0 saturated carbocycles. The van der Waals surface area contributed by atoms with Crippen molar-refractivity contribution >= 4 is 23.1 Å². The molecule has 6 nitrogen and oxygen atoms in total. The molecule has 1 fully saturated rings. The summed E-state index contributed by atoms with van der Waals surface area (Å²) in [4.78, 5) is 27.3. The summed E-state index contributed by atoms with van der Waals surface area (Å²) in [7, 11) is 0. The van der Waals surface area contributed by atoms with Gasteiger partial charge in [0.05, 0.1) is 23.8 Å². The molecule has 1 saturated heterocycles. The first kappa shape index (κ1) is 26.8. The van der Waals surface area contributed by atoms with Crippen LogP contribution >= 0.6 is 0 Å². The number of unbranched alkanes of at least 4 members (excludes halogenated alkanes) is 2. The molecule has 1 amide bonds. The number of carbonyl (C=O) groups excluding carboxylic acids is 2. The van der Waals surface area contributed by atoms with Gasteiger partial charge in [-0.2, -0.15) is 13.2 Å². The van der Waals surface area contributed by atoms with Gasteiger partial charge in [-0.1, -0.05) is 38.0 Å². The lowest BCUT2D eigenvalue weighted by atomic mass is 9.95. The van der Waals surface area contributed by atoms with Crippen molar-refractivity contribution in [2.75, 3.05) is 11.5 Å². The lowest BCUT2D eigenvalue weighted by molar-refractivity contribution is -0.137. The van der Waals surface area contributed by atoms with Crippen LogP contribution in [0.1, 0.15) is 48.9 Å². The fourth-order valence-corrected chi connectivity index (χ4v) is 4.35. The SMILES string of the molecule is CCCCCOc1ccc(/C(O)=C2\C(=O)C(=O)N(c3cccc(C(F)(F)F)c3)C2c2cccc(O)c2)cc1. The minimum atomic E-state index is -4.68. The molecule has 9 heteroatoms. The van der Waals surface area contributed by atoms with Crippen LogP contribution in [0.3, 0.4) is 0 Å². The average molecular weight is 526 g/mol. The number of benzene rings is 3. The second-order valence-electron chi connectivity index (χ2n) is 8.89. The summed E-state index contributed by atoms with van der Waals surface area (Å²) in [5.41, 5.74) is -1.03. The van der Waals surface area contributed by atoms with E-state index in [1.54, 1.807) is 12.1 Å². The predicted molar refractivity (Wildman–Crippen MR) is 136 cm³/mol. The number of phenolic OH excluding ortho intramolecular Hbond substituents is 1. The van der Waals surface area contributed by atoms with E-state index in [9.17, 15) is 33.0 Å². The Morgan fingerprint density at radius 1 is 0.974 bits per heavy atom. The number of hydrogen-bond donors (Lipinski definition) is 2. The van der Waals surface area contributed by atoms with Crippen molar-refractivity contribution < 1.29 is 37.7 Å². The van der Waals surface area contributed by atoms with Gasteiger partial charge in [-0.3, -0.25) is 14.5 Å². The van der Waals surface area contributed by atoms with E-state index in [0.717, 1.165) is 42.4 Å². The number of ketones is 1. The van der Waals surface area contributed by atoms with Crippen LogP contribution < -0.4 is 9.64 Å². The lowest BCUT2D eigenvalue weighted by Crippen LogP contribution is -2.29. The van der Waals surface area contributed by atoms with Crippen LogP contribution in [0, 0.1) is 0 Å². The maximum atomic E-state index is 13.4. The zero-order valence-electron chi connectivity index (χ0n) is 20.5. The van der Waals surface area contributed by atoms with E-state index in [1.165, 1.54) is 42.5 Å². The molecular formula is C29H26F3NO5. The number of ether oxygens (including phenoxy) is 1. The Kier molecular flexibility index (Phi) is 7.75. The number of anilines is 1. The number of aliphatic hydroxyl groups is 1. The van der Waals surface area contributed by atoms with Crippen molar-refractivity contribution in [1.29, 1.82) is 0 Å². The van der Waals surface area contributed by atoms with Gasteiger partial charge in [0.15, 0.2) is 0 Å². The number of alkyl halides is 3. The quantitative estimate of drug-likeness (QED) is 0.150. The van der Waals surface area contributed by atoms with E-state index in [4.69, 9.17) is 4.74 Å². The van der Waals surface area contributed by atoms with Crippen molar-refractivity contribution in [2.24, 2.45) is 0 Å². The number of aromatic hydroxyl groups is 1. The van der Waals surface area contributed by atoms with Gasteiger partial charge in [0.2, 0.25) is 0 Å². The van der Waals surface area contributed by atoms with Crippen molar-refractivity contribution in [2.45, 2.75) is 38.4 Å². The summed E-state index contributed by atoms with van der Waals surface area (Å²) in [6.07, 6.45) is -1.71. The van der Waals surface area contributed by atoms with Gasteiger partial charge in [-0.05, 0) is 66.6 Å². The third kappa shape index (κ3) is 5.51. The minimum Gasteiger partial charge on any atom is -0.508 e. The maximum Gasteiger partial charge on any atom is 0.416 e. The summed E-state index contributed by atoms with van der Waals surface area (Å²) in [5.74, 6) is -2.28. The van der Waals surface area contributed by atoms with Crippen LogP contribution in [-0.2, 0) is 15.8 Å². The molecule has 0 bridgehead atoms. The molecule has 1 aliphatic rings. The zero-order valence-corrected chi connectivity index (χ0v) is 20.5. The van der Waals surface area contributed by atoms with E-state index in [1.807, 2.05) is 0 Å². The Bertz CT molecular complexity index is 1370. The summed E-state index contributed by atoms with van der Waals surface area (Å²) in [5, 5.41) is 21.3. The summed E-state index contributed by atoms with van der Waals surface area (Å²) in [6, 6.07) is 14.7. The standard InChI is InChI=1S/C29H26F3NO5/c1-2-3-4-15-38-23-13-11-18(12-14-23)26(35)24-25(19-7-5-10-22(34)16-19)33(28(37)27(24)36)21-9-6-8-20(17-21)29(30,31)32/h5-14,16-17,25,34-35H,2-4,15H2,1H3/b26-24+. The fraction of sp³-hybridized carbons (Fsp3) is 0.241. The van der Waals surface area contributed by atoms with Crippen molar-refractivity contribution in [3.8, 4) is 11.5 Å². The topological polar surface area (TPSA) is 87.1 Å². The summed E-state index contributed by atoms with van der Waals surface area (Å²) >= 11 is 0. The Balaban J connectivity index is 1.79. The van der Waals surface area contributed by atoms with Crippen LogP contribution in [0.2, 0.25) is 0 Å². The molecule has 1 aliphatic heterocycles. The molecule has 1 unspecified atom stereocenters. The van der Waals surface area contributed by atoms with E-state index in [2.05, 4.69) is 6.92 Å². The number of rotatable bonds is 8. The number of nitrogens with zero attached hydrogens (tertiary/aromatic N) is 1. The molecule has 2 N–H and O–H groups in total. The predicted octanol–water partition coefficient (Wildman–Crippen LogP) is 6.61. The van der Waals surface area contributed by atoms with Gasteiger partial charge in [0.25, 0.3) is 11.7 Å². The van der Waals surface area contributed by atoms with Crippen molar-refractivity contribution in [3.63, 3.8) is 0 Å². The smallest absolute Gasteiger partial charge is 0.416 e. The van der Waals surface area contributed by atoms with Gasteiger partial charge >= 0.3 is 6.18 Å². The van der Waals surface area contributed by atoms with Crippen LogP contribution in [0.4, 0.5) is 18.9 Å². The third-order valence-corrected chi connectivity index (χ3v) is 6.23. The molecule has 3 aromatic rings. The van der Waals surface area contributed by atoms with Gasteiger partial charge in [-0.25, -0.2) is 0 Å². The molecule has 3 aromatic carbocycles. The first-order valence-electron chi connectivity index (χ1n) is 12.1. The average Bonchev–Trinajstić information content (AvgIpc) is 3.16. The highest BCUT2D eigenvalue weighted by Gasteiger charge is 2.47. The molecule has 0 aromatic heterocycles. The van der Waals surface area contributed by atoms with Crippen LogP contribution in [0.5, 0.6) is 11.5 Å². The van der Waals surface area contributed by atoms with Crippen LogP contribution in [0.25, 0.3) is 5.76 Å². The number of Topliss-reactive ketones (excluding diaryl/α,β-unsaturated/α-hetero) is 1. The molecule has 1 atom stereocenters. The maximum absolute atomic E-state index is 13.4. The van der Waals surface area contributed by atoms with Gasteiger partial charge in [0.1, 0.15) is 17.3 Å². The molecule has 4 rings (SSSR count). The first-order valence-corrected chi connectivity index (χ1v) is 12.1. The minimum absolute atomic E-state index is 0.176. The number of carbonyl (C=O) groups is 2. The van der Waals surface area contributed by atoms with E-state index in [0.29, 0.717) is 12.4 Å². The number of aliphatic hydroxyl groups excluding tert-OH is 1. The van der Waals surface area contributed by atoms with Gasteiger partial charge in [-0.15, -0.1) is 0 Å². The summed E-state index contributed by atoms with van der Waals surface area (Å²) < 4.78 is 45.9. The summed E-state index contributed by atoms with van der Waals surface area (Å²) in [6.45, 7) is 2.61. The molecular weight excluding hydrogens is 499 g/mol. The highest BCUT2D eigenvalue weighted by Crippen LogP contribution is 2.44. The fourth-order valence-electron chi connectivity index (χ4n) is 4.35.